The maximum atomic E-state index is 11.8. The van der Waals surface area contributed by atoms with Gasteiger partial charge in [-0.2, -0.15) is 0 Å². The first-order valence-electron chi connectivity index (χ1n) is 5.62. The third kappa shape index (κ3) is 3.53. The van der Waals surface area contributed by atoms with Gasteiger partial charge in [-0.05, 0) is 25.5 Å². The Labute approximate surface area is 96.5 Å². The minimum Gasteiger partial charge on any atom is -0.373 e. The quantitative estimate of drug-likeness (QED) is 0.800. The molecule has 0 radical (unpaired) electrons. The van der Waals surface area contributed by atoms with E-state index in [1.807, 2.05) is 6.92 Å². The van der Waals surface area contributed by atoms with Crippen LogP contribution in [-0.4, -0.2) is 24.0 Å². The molecule has 0 bridgehead atoms. The molecule has 2 N–H and O–H groups in total. The number of hydrogen-bond donors (Lipinski definition) is 2. The van der Waals surface area contributed by atoms with Crippen molar-refractivity contribution < 1.29 is 4.79 Å². The molecule has 1 atom stereocenters. The molecule has 0 aliphatic carbocycles. The van der Waals surface area contributed by atoms with E-state index in [9.17, 15) is 4.79 Å². The average Bonchev–Trinajstić information content (AvgIpc) is 2.29. The number of nitrogens with zero attached hydrogens (tertiary/aromatic N) is 1. The summed E-state index contributed by atoms with van der Waals surface area (Å²) in [5.41, 5.74) is 0.641. The summed E-state index contributed by atoms with van der Waals surface area (Å²) >= 11 is 0. The molecule has 0 aliphatic heterocycles. The Balaban J connectivity index is 2.65. The minimum absolute atomic E-state index is 0.0418. The molecule has 1 aromatic rings. The molecule has 0 saturated heterocycles. The third-order valence-corrected chi connectivity index (χ3v) is 2.38. The van der Waals surface area contributed by atoms with Crippen LogP contribution >= 0.6 is 0 Å². The number of aromatic nitrogens is 1. The van der Waals surface area contributed by atoms with Gasteiger partial charge < -0.3 is 10.6 Å². The highest BCUT2D eigenvalue weighted by Crippen LogP contribution is 2.06. The average molecular weight is 221 g/mol. The second kappa shape index (κ2) is 6.10. The number of nitrogens with one attached hydrogen (secondary N) is 2. The Kier molecular flexibility index (Phi) is 4.76. The molecule has 1 aromatic heterocycles. The molecule has 4 nitrogen and oxygen atoms in total. The molecule has 0 spiro atoms. The highest BCUT2D eigenvalue weighted by molar-refractivity contribution is 5.94. The number of anilines is 1. The molecule has 0 aromatic carbocycles. The lowest BCUT2D eigenvalue weighted by atomic mass is 10.1. The summed E-state index contributed by atoms with van der Waals surface area (Å²) < 4.78 is 0. The summed E-state index contributed by atoms with van der Waals surface area (Å²) in [7, 11) is 1.78. The van der Waals surface area contributed by atoms with Crippen molar-refractivity contribution in [3.8, 4) is 0 Å². The van der Waals surface area contributed by atoms with E-state index in [4.69, 9.17) is 0 Å². The summed E-state index contributed by atoms with van der Waals surface area (Å²) in [6.45, 7) is 4.12. The van der Waals surface area contributed by atoms with Crippen LogP contribution in [0.5, 0.6) is 0 Å². The van der Waals surface area contributed by atoms with E-state index in [-0.39, 0.29) is 11.9 Å². The van der Waals surface area contributed by atoms with Gasteiger partial charge in [-0.1, -0.05) is 13.3 Å². The summed E-state index contributed by atoms with van der Waals surface area (Å²) in [6.07, 6.45) is 3.69. The van der Waals surface area contributed by atoms with Gasteiger partial charge >= 0.3 is 0 Å². The Bertz CT molecular complexity index is 352. The van der Waals surface area contributed by atoms with Crippen molar-refractivity contribution in [2.45, 2.75) is 32.7 Å². The highest BCUT2D eigenvalue weighted by atomic mass is 16.1. The number of carbonyl (C=O) groups excluding carboxylic acids is 1. The maximum absolute atomic E-state index is 11.8. The van der Waals surface area contributed by atoms with Crippen LogP contribution in [0.3, 0.4) is 0 Å². The first-order chi connectivity index (χ1) is 7.67. The molecule has 1 rings (SSSR count). The fraction of sp³-hybridized carbons (Fsp3) is 0.500. The van der Waals surface area contributed by atoms with Crippen LogP contribution in [0.25, 0.3) is 0 Å². The van der Waals surface area contributed by atoms with E-state index < -0.39 is 0 Å². The van der Waals surface area contributed by atoms with Crippen molar-refractivity contribution in [2.75, 3.05) is 12.4 Å². The molecule has 0 aliphatic rings. The topological polar surface area (TPSA) is 54.0 Å². The van der Waals surface area contributed by atoms with Crippen LogP contribution in [0.4, 0.5) is 5.82 Å². The van der Waals surface area contributed by atoms with Gasteiger partial charge in [0.1, 0.15) is 5.82 Å². The molecule has 0 saturated carbocycles. The van der Waals surface area contributed by atoms with Gasteiger partial charge in [-0.15, -0.1) is 0 Å². The normalized spacial score (nSPS) is 11.9. The zero-order valence-electron chi connectivity index (χ0n) is 10.1. The molecule has 1 heterocycles. The van der Waals surface area contributed by atoms with Gasteiger partial charge in [-0.3, -0.25) is 4.79 Å². The molecular weight excluding hydrogens is 202 g/mol. The molecule has 1 amide bonds. The van der Waals surface area contributed by atoms with Crippen molar-refractivity contribution in [2.24, 2.45) is 0 Å². The van der Waals surface area contributed by atoms with Gasteiger partial charge in [0, 0.05) is 24.8 Å². The molecule has 0 fully saturated rings. The van der Waals surface area contributed by atoms with Crippen molar-refractivity contribution in [3.63, 3.8) is 0 Å². The lowest BCUT2D eigenvalue weighted by molar-refractivity contribution is 0.0938. The van der Waals surface area contributed by atoms with E-state index in [0.29, 0.717) is 11.4 Å². The van der Waals surface area contributed by atoms with Gasteiger partial charge in [0.05, 0.1) is 0 Å². The Morgan fingerprint density at radius 3 is 2.94 bits per heavy atom. The molecule has 16 heavy (non-hydrogen) atoms. The first-order valence-corrected chi connectivity index (χ1v) is 5.62. The van der Waals surface area contributed by atoms with E-state index in [1.165, 1.54) is 0 Å². The predicted molar refractivity (Wildman–Crippen MR) is 65.6 cm³/mol. The SMILES string of the molecule is CCCC(C)NC(=O)c1ccnc(NC)c1. The van der Waals surface area contributed by atoms with Crippen molar-refractivity contribution in [1.82, 2.24) is 10.3 Å². The molecular formula is C12H19N3O. The monoisotopic (exact) mass is 221 g/mol. The van der Waals surface area contributed by atoms with Gasteiger partial charge in [-0.25, -0.2) is 4.98 Å². The number of amides is 1. The van der Waals surface area contributed by atoms with Crippen LogP contribution in [0.2, 0.25) is 0 Å². The number of pyridine rings is 1. The second-order valence-electron chi connectivity index (χ2n) is 3.84. The van der Waals surface area contributed by atoms with Gasteiger partial charge in [0.25, 0.3) is 5.91 Å². The number of rotatable bonds is 5. The summed E-state index contributed by atoms with van der Waals surface area (Å²) in [4.78, 5) is 15.9. The van der Waals surface area contributed by atoms with E-state index in [1.54, 1.807) is 25.4 Å². The van der Waals surface area contributed by atoms with Crippen molar-refractivity contribution in [3.05, 3.63) is 23.9 Å². The van der Waals surface area contributed by atoms with Crippen LogP contribution in [0, 0.1) is 0 Å². The van der Waals surface area contributed by atoms with Crippen LogP contribution < -0.4 is 10.6 Å². The Morgan fingerprint density at radius 2 is 2.31 bits per heavy atom. The number of carbonyl (C=O) groups is 1. The van der Waals surface area contributed by atoms with Crippen LogP contribution in [-0.2, 0) is 0 Å². The standard InChI is InChI=1S/C12H19N3O/c1-4-5-9(2)15-12(16)10-6-7-14-11(8-10)13-3/h6-9H,4-5H2,1-3H3,(H,13,14)(H,15,16). The Hall–Kier alpha value is -1.58. The molecule has 88 valence electrons. The number of hydrogen-bond acceptors (Lipinski definition) is 3. The Morgan fingerprint density at radius 1 is 1.56 bits per heavy atom. The van der Waals surface area contributed by atoms with Gasteiger partial charge in [0.2, 0.25) is 0 Å². The van der Waals surface area contributed by atoms with E-state index >= 15 is 0 Å². The summed E-state index contributed by atoms with van der Waals surface area (Å²) in [6, 6.07) is 3.67. The lowest BCUT2D eigenvalue weighted by Crippen LogP contribution is -2.32. The van der Waals surface area contributed by atoms with E-state index in [0.717, 1.165) is 12.8 Å². The molecule has 4 heteroatoms. The zero-order chi connectivity index (χ0) is 12.0. The summed E-state index contributed by atoms with van der Waals surface area (Å²) in [5.74, 6) is 0.663. The van der Waals surface area contributed by atoms with Gasteiger partial charge in [0.15, 0.2) is 0 Å². The first kappa shape index (κ1) is 12.5. The largest absolute Gasteiger partial charge is 0.373 e. The zero-order valence-corrected chi connectivity index (χ0v) is 10.1. The fourth-order valence-corrected chi connectivity index (χ4v) is 1.52. The highest BCUT2D eigenvalue weighted by Gasteiger charge is 2.09. The molecule has 1 unspecified atom stereocenters. The van der Waals surface area contributed by atoms with E-state index in [2.05, 4.69) is 22.5 Å². The lowest BCUT2D eigenvalue weighted by Gasteiger charge is -2.12. The smallest absolute Gasteiger partial charge is 0.251 e. The van der Waals surface area contributed by atoms with Crippen LogP contribution in [0.15, 0.2) is 18.3 Å². The maximum Gasteiger partial charge on any atom is 0.251 e. The van der Waals surface area contributed by atoms with Crippen molar-refractivity contribution in [1.29, 1.82) is 0 Å². The predicted octanol–water partition coefficient (Wildman–Crippen LogP) is 2.04. The fourth-order valence-electron chi connectivity index (χ4n) is 1.52. The van der Waals surface area contributed by atoms with Crippen LogP contribution in [0.1, 0.15) is 37.0 Å². The third-order valence-electron chi connectivity index (χ3n) is 2.38. The van der Waals surface area contributed by atoms with Crippen molar-refractivity contribution >= 4 is 11.7 Å². The minimum atomic E-state index is -0.0418. The second-order valence-corrected chi connectivity index (χ2v) is 3.84. The summed E-state index contributed by atoms with van der Waals surface area (Å²) in [5, 5.41) is 5.86.